The van der Waals surface area contributed by atoms with Crippen LogP contribution in [0, 0.1) is 6.61 Å². The highest BCUT2D eigenvalue weighted by Crippen LogP contribution is 2.11. The smallest absolute Gasteiger partial charge is 0.0836 e. The molecule has 0 heterocycles. The predicted molar refractivity (Wildman–Crippen MR) is 86.2 cm³/mol. The van der Waals surface area contributed by atoms with Crippen LogP contribution in [-0.4, -0.2) is 6.61 Å². The van der Waals surface area contributed by atoms with E-state index in [0.717, 1.165) is 13.0 Å². The molecule has 0 spiro atoms. The zero-order chi connectivity index (χ0) is 14.0. The van der Waals surface area contributed by atoms with Crippen molar-refractivity contribution < 1.29 is 4.74 Å². The largest absolute Gasteiger partial charge is 0.376 e. The minimum atomic E-state index is 0.922. The van der Waals surface area contributed by atoms with Gasteiger partial charge in [0.25, 0.3) is 0 Å². The van der Waals surface area contributed by atoms with Crippen molar-refractivity contribution in [2.45, 2.75) is 104 Å². The van der Waals surface area contributed by atoms with Gasteiger partial charge in [-0.1, -0.05) is 90.9 Å². The molecule has 0 bridgehead atoms. The highest BCUT2D eigenvalue weighted by Gasteiger charge is 1.94. The lowest BCUT2D eigenvalue weighted by Crippen LogP contribution is -1.91. The summed E-state index contributed by atoms with van der Waals surface area (Å²) >= 11 is 0. The van der Waals surface area contributed by atoms with Crippen LogP contribution in [0.15, 0.2) is 0 Å². The minimum Gasteiger partial charge on any atom is -0.376 e. The predicted octanol–water partition coefficient (Wildman–Crippen LogP) is 6.67. The van der Waals surface area contributed by atoms with E-state index in [4.69, 9.17) is 4.74 Å². The molecule has 0 amide bonds. The monoisotopic (exact) mass is 269 g/mol. The van der Waals surface area contributed by atoms with Gasteiger partial charge in [-0.2, -0.15) is 0 Å². The molecule has 0 N–H and O–H groups in total. The zero-order valence-electron chi connectivity index (χ0n) is 13.6. The fraction of sp³-hybridized carbons (Fsp3) is 0.944. The van der Waals surface area contributed by atoms with E-state index < -0.39 is 0 Å². The summed E-state index contributed by atoms with van der Waals surface area (Å²) in [6.07, 6.45) is 19.0. The van der Waals surface area contributed by atoms with Crippen LogP contribution < -0.4 is 0 Å². The average molecular weight is 269 g/mol. The van der Waals surface area contributed by atoms with Crippen molar-refractivity contribution >= 4 is 0 Å². The second kappa shape index (κ2) is 18.0. The standard InChI is InChI=1S/C18H37O/c1-3-5-7-8-9-10-11-12-13-14-16-18-19-17-15-6-4-2/h18H,3-17H2,1-2H3. The van der Waals surface area contributed by atoms with Gasteiger partial charge < -0.3 is 4.74 Å². The molecule has 115 valence electrons. The molecule has 19 heavy (non-hydrogen) atoms. The molecular formula is C18H37O. The fourth-order valence-corrected chi connectivity index (χ4v) is 2.32. The van der Waals surface area contributed by atoms with Crippen LogP contribution in [0.1, 0.15) is 104 Å². The normalized spacial score (nSPS) is 11.1. The number of ether oxygens (including phenoxy) is 1. The summed E-state index contributed by atoms with van der Waals surface area (Å²) in [5, 5.41) is 0. The SMILES string of the molecule is CCCCCCCCCCCC[CH]OCCCCC. The third kappa shape index (κ3) is 18.0. The molecule has 0 fully saturated rings. The maximum atomic E-state index is 5.49. The van der Waals surface area contributed by atoms with Gasteiger partial charge in [0.05, 0.1) is 6.61 Å². The highest BCUT2D eigenvalue weighted by atomic mass is 16.5. The lowest BCUT2D eigenvalue weighted by Gasteiger charge is -2.03. The molecule has 0 atom stereocenters. The van der Waals surface area contributed by atoms with Crippen molar-refractivity contribution in [3.05, 3.63) is 6.61 Å². The highest BCUT2D eigenvalue weighted by molar-refractivity contribution is 4.53. The van der Waals surface area contributed by atoms with Gasteiger partial charge in [0, 0.05) is 6.61 Å². The third-order valence-corrected chi connectivity index (χ3v) is 3.66. The summed E-state index contributed by atoms with van der Waals surface area (Å²) < 4.78 is 5.49. The van der Waals surface area contributed by atoms with Crippen LogP contribution in [0.5, 0.6) is 0 Å². The van der Waals surface area contributed by atoms with Gasteiger partial charge in [0.1, 0.15) is 0 Å². The Kier molecular flexibility index (Phi) is 17.9. The van der Waals surface area contributed by atoms with Crippen LogP contribution in [0.25, 0.3) is 0 Å². The number of rotatable bonds is 16. The zero-order valence-corrected chi connectivity index (χ0v) is 13.6. The molecule has 0 aromatic heterocycles. The van der Waals surface area contributed by atoms with E-state index in [1.54, 1.807) is 0 Å². The molecule has 0 rings (SSSR count). The summed E-state index contributed by atoms with van der Waals surface area (Å²) in [5.74, 6) is 0. The van der Waals surface area contributed by atoms with E-state index in [0.29, 0.717) is 0 Å². The molecular weight excluding hydrogens is 232 g/mol. The summed E-state index contributed by atoms with van der Waals surface area (Å²) in [6, 6.07) is 0. The van der Waals surface area contributed by atoms with Crippen molar-refractivity contribution in [2.24, 2.45) is 0 Å². The summed E-state index contributed by atoms with van der Waals surface area (Å²) in [6.45, 7) is 7.46. The van der Waals surface area contributed by atoms with Crippen LogP contribution in [-0.2, 0) is 4.74 Å². The second-order valence-corrected chi connectivity index (χ2v) is 5.72. The molecule has 0 saturated carbocycles. The molecule has 0 aliphatic carbocycles. The number of hydrogen-bond donors (Lipinski definition) is 0. The Hall–Kier alpha value is -0.0400. The third-order valence-electron chi connectivity index (χ3n) is 3.66. The first kappa shape index (κ1) is 19.0. The maximum Gasteiger partial charge on any atom is 0.0836 e. The topological polar surface area (TPSA) is 9.23 Å². The first-order chi connectivity index (χ1) is 9.41. The van der Waals surface area contributed by atoms with Crippen LogP contribution >= 0.6 is 0 Å². The molecule has 0 aliphatic heterocycles. The Bertz CT molecular complexity index is 129. The lowest BCUT2D eigenvalue weighted by molar-refractivity contribution is 0.184. The van der Waals surface area contributed by atoms with Gasteiger partial charge in [-0.3, -0.25) is 0 Å². The Morgan fingerprint density at radius 3 is 1.63 bits per heavy atom. The Morgan fingerprint density at radius 1 is 0.579 bits per heavy atom. The van der Waals surface area contributed by atoms with Gasteiger partial charge in [0.2, 0.25) is 0 Å². The average Bonchev–Trinajstić information content (AvgIpc) is 2.43. The summed E-state index contributed by atoms with van der Waals surface area (Å²) in [4.78, 5) is 0. The molecule has 0 unspecified atom stereocenters. The Morgan fingerprint density at radius 2 is 1.05 bits per heavy atom. The van der Waals surface area contributed by atoms with Crippen molar-refractivity contribution in [2.75, 3.05) is 6.61 Å². The van der Waals surface area contributed by atoms with E-state index in [-0.39, 0.29) is 0 Å². The molecule has 0 saturated heterocycles. The maximum absolute atomic E-state index is 5.49. The number of hydrogen-bond acceptors (Lipinski definition) is 1. The van der Waals surface area contributed by atoms with E-state index in [1.165, 1.54) is 83.5 Å². The fourth-order valence-electron chi connectivity index (χ4n) is 2.32. The van der Waals surface area contributed by atoms with Gasteiger partial charge in [-0.15, -0.1) is 0 Å². The van der Waals surface area contributed by atoms with Crippen LogP contribution in [0.4, 0.5) is 0 Å². The molecule has 0 aromatic rings. The lowest BCUT2D eigenvalue weighted by atomic mass is 10.1. The van der Waals surface area contributed by atoms with E-state index in [2.05, 4.69) is 13.8 Å². The van der Waals surface area contributed by atoms with Crippen molar-refractivity contribution in [3.63, 3.8) is 0 Å². The van der Waals surface area contributed by atoms with Gasteiger partial charge >= 0.3 is 0 Å². The quantitative estimate of drug-likeness (QED) is 0.284. The second-order valence-electron chi connectivity index (χ2n) is 5.72. The van der Waals surface area contributed by atoms with Crippen LogP contribution in [0.2, 0.25) is 0 Å². The van der Waals surface area contributed by atoms with E-state index in [9.17, 15) is 0 Å². The van der Waals surface area contributed by atoms with Gasteiger partial charge in [0.15, 0.2) is 0 Å². The summed E-state index contributed by atoms with van der Waals surface area (Å²) in [7, 11) is 0. The van der Waals surface area contributed by atoms with E-state index in [1.807, 2.05) is 6.61 Å². The van der Waals surface area contributed by atoms with Crippen molar-refractivity contribution in [3.8, 4) is 0 Å². The first-order valence-corrected chi connectivity index (χ1v) is 8.85. The minimum absolute atomic E-state index is 0.922. The van der Waals surface area contributed by atoms with Crippen molar-refractivity contribution in [1.29, 1.82) is 0 Å². The van der Waals surface area contributed by atoms with E-state index >= 15 is 0 Å². The Balaban J connectivity index is 2.88. The van der Waals surface area contributed by atoms with Gasteiger partial charge in [-0.25, -0.2) is 0 Å². The van der Waals surface area contributed by atoms with Crippen molar-refractivity contribution in [1.82, 2.24) is 0 Å². The molecule has 0 aliphatic rings. The molecule has 1 nitrogen and oxygen atoms in total. The molecule has 1 radical (unpaired) electrons. The molecule has 1 heteroatoms. The molecule has 0 aromatic carbocycles. The van der Waals surface area contributed by atoms with Crippen LogP contribution in [0.3, 0.4) is 0 Å². The first-order valence-electron chi connectivity index (χ1n) is 8.85. The Labute approximate surface area is 122 Å². The van der Waals surface area contributed by atoms with Gasteiger partial charge in [-0.05, 0) is 12.8 Å². The number of unbranched alkanes of at least 4 members (excludes halogenated alkanes) is 12. The summed E-state index contributed by atoms with van der Waals surface area (Å²) in [5.41, 5.74) is 0.